The highest BCUT2D eigenvalue weighted by Crippen LogP contribution is 2.35. The molecule has 8 nitrogen and oxygen atoms in total. The number of carbonyl (C=O) groups excluding carboxylic acids is 4. The molecule has 1 N–H and O–H groups in total. The van der Waals surface area contributed by atoms with Gasteiger partial charge in [0.1, 0.15) is 6.10 Å². The Morgan fingerprint density at radius 3 is 2.16 bits per heavy atom. The highest BCUT2D eigenvalue weighted by atomic mass is 16.5. The molecular formula is C29H35NO7. The lowest BCUT2D eigenvalue weighted by Gasteiger charge is -2.36. The number of nitrogens with one attached hydrogen (secondary N) is 1. The molecule has 0 radical (unpaired) electrons. The normalized spacial score (nSPS) is 19.1. The van der Waals surface area contributed by atoms with Gasteiger partial charge in [-0.1, -0.05) is 39.3 Å². The SMILES string of the molecule is CCOC(=O)c1ccc(NC(=O)COC(=O)c2ccccc2C(=O)O[C@@H]2C[C@H](C)CC[C@@H]2C(C)C)cc1. The number of hydrogen-bond donors (Lipinski definition) is 1. The first-order valence-corrected chi connectivity index (χ1v) is 12.7. The highest BCUT2D eigenvalue weighted by Gasteiger charge is 2.34. The minimum atomic E-state index is -0.794. The maximum Gasteiger partial charge on any atom is 0.339 e. The lowest BCUT2D eigenvalue weighted by molar-refractivity contribution is -0.119. The molecule has 1 saturated carbocycles. The fourth-order valence-electron chi connectivity index (χ4n) is 4.60. The standard InChI is InChI=1S/C29H35NO7/c1-5-35-27(32)20-11-13-21(14-12-20)30-26(31)17-36-28(33)23-8-6-7-9-24(23)29(34)37-25-16-19(4)10-15-22(25)18(2)3/h6-9,11-14,18-19,22,25H,5,10,15-17H2,1-4H3,(H,30,31)/t19-,22-,25-/m1/s1. The molecule has 198 valence electrons. The number of anilines is 1. The van der Waals surface area contributed by atoms with E-state index in [1.54, 1.807) is 31.2 Å². The Labute approximate surface area is 217 Å². The number of rotatable bonds is 9. The van der Waals surface area contributed by atoms with Gasteiger partial charge in [-0.05, 0) is 73.9 Å². The molecule has 0 spiro atoms. The molecule has 1 amide bonds. The van der Waals surface area contributed by atoms with Gasteiger partial charge in [-0.25, -0.2) is 14.4 Å². The van der Waals surface area contributed by atoms with Gasteiger partial charge in [0, 0.05) is 5.69 Å². The van der Waals surface area contributed by atoms with E-state index in [-0.39, 0.29) is 29.8 Å². The quantitative estimate of drug-likeness (QED) is 0.362. The number of carbonyl (C=O) groups is 4. The Hall–Kier alpha value is -3.68. The first-order valence-electron chi connectivity index (χ1n) is 12.7. The fourth-order valence-corrected chi connectivity index (χ4v) is 4.60. The van der Waals surface area contributed by atoms with Crippen molar-refractivity contribution in [2.75, 3.05) is 18.5 Å². The fraction of sp³-hybridized carbons (Fsp3) is 0.448. The van der Waals surface area contributed by atoms with Crippen molar-refractivity contribution in [1.29, 1.82) is 0 Å². The van der Waals surface area contributed by atoms with Gasteiger partial charge in [0.25, 0.3) is 5.91 Å². The Kier molecular flexibility index (Phi) is 9.83. The average Bonchev–Trinajstić information content (AvgIpc) is 2.87. The van der Waals surface area contributed by atoms with Gasteiger partial charge >= 0.3 is 17.9 Å². The van der Waals surface area contributed by atoms with Gasteiger partial charge in [-0.3, -0.25) is 4.79 Å². The van der Waals surface area contributed by atoms with Crippen LogP contribution >= 0.6 is 0 Å². The molecule has 1 aliphatic rings. The summed E-state index contributed by atoms with van der Waals surface area (Å²) >= 11 is 0. The molecule has 1 aliphatic carbocycles. The van der Waals surface area contributed by atoms with Crippen LogP contribution in [-0.4, -0.2) is 43.1 Å². The second kappa shape index (κ2) is 13.0. The monoisotopic (exact) mass is 509 g/mol. The summed E-state index contributed by atoms with van der Waals surface area (Å²) in [5, 5.41) is 2.60. The summed E-state index contributed by atoms with van der Waals surface area (Å²) in [5.41, 5.74) is 0.948. The molecule has 2 aromatic carbocycles. The molecule has 0 aromatic heterocycles. The molecule has 0 saturated heterocycles. The molecule has 1 fully saturated rings. The molecule has 0 aliphatic heterocycles. The van der Waals surface area contributed by atoms with Crippen LogP contribution in [0.3, 0.4) is 0 Å². The van der Waals surface area contributed by atoms with E-state index in [2.05, 4.69) is 26.1 Å². The van der Waals surface area contributed by atoms with E-state index in [0.717, 1.165) is 19.3 Å². The van der Waals surface area contributed by atoms with Crippen LogP contribution in [0, 0.1) is 17.8 Å². The smallest absolute Gasteiger partial charge is 0.339 e. The topological polar surface area (TPSA) is 108 Å². The molecular weight excluding hydrogens is 474 g/mol. The molecule has 3 rings (SSSR count). The maximum atomic E-state index is 13.1. The lowest BCUT2D eigenvalue weighted by atomic mass is 9.75. The molecule has 37 heavy (non-hydrogen) atoms. The van der Waals surface area contributed by atoms with Crippen molar-refractivity contribution >= 4 is 29.5 Å². The van der Waals surface area contributed by atoms with E-state index < -0.39 is 30.4 Å². The van der Waals surface area contributed by atoms with Crippen molar-refractivity contribution in [3.8, 4) is 0 Å². The summed E-state index contributed by atoms with van der Waals surface area (Å²) in [6, 6.07) is 12.4. The predicted octanol–water partition coefficient (Wildman–Crippen LogP) is 5.28. The van der Waals surface area contributed by atoms with Crippen LogP contribution in [0.25, 0.3) is 0 Å². The number of esters is 3. The highest BCUT2D eigenvalue weighted by molar-refractivity contribution is 6.04. The number of benzene rings is 2. The lowest BCUT2D eigenvalue weighted by Crippen LogP contribution is -2.36. The van der Waals surface area contributed by atoms with Crippen molar-refractivity contribution < 1.29 is 33.4 Å². The van der Waals surface area contributed by atoms with Crippen molar-refractivity contribution in [1.82, 2.24) is 0 Å². The average molecular weight is 510 g/mol. The summed E-state index contributed by atoms with van der Waals surface area (Å²) in [7, 11) is 0. The Balaban J connectivity index is 1.59. The summed E-state index contributed by atoms with van der Waals surface area (Å²) in [5.74, 6) is -1.26. The van der Waals surface area contributed by atoms with E-state index >= 15 is 0 Å². The molecule has 2 aromatic rings. The summed E-state index contributed by atoms with van der Waals surface area (Å²) in [6.07, 6.45) is 2.70. The van der Waals surface area contributed by atoms with Crippen molar-refractivity contribution in [3.63, 3.8) is 0 Å². The number of hydrogen-bond acceptors (Lipinski definition) is 7. The molecule has 0 unspecified atom stereocenters. The number of amides is 1. The zero-order chi connectivity index (χ0) is 26.9. The van der Waals surface area contributed by atoms with E-state index in [4.69, 9.17) is 14.2 Å². The van der Waals surface area contributed by atoms with Gasteiger partial charge in [0.2, 0.25) is 0 Å². The zero-order valence-electron chi connectivity index (χ0n) is 21.8. The molecule has 8 heteroatoms. The second-order valence-corrected chi connectivity index (χ2v) is 9.74. The minimum absolute atomic E-state index is 0.0454. The molecule has 0 heterocycles. The molecule has 0 bridgehead atoms. The zero-order valence-corrected chi connectivity index (χ0v) is 21.8. The van der Waals surface area contributed by atoms with Crippen LogP contribution in [0.4, 0.5) is 5.69 Å². The largest absolute Gasteiger partial charge is 0.462 e. The Morgan fingerprint density at radius 2 is 1.54 bits per heavy atom. The van der Waals surface area contributed by atoms with Gasteiger partial charge in [0.15, 0.2) is 6.61 Å². The van der Waals surface area contributed by atoms with Crippen molar-refractivity contribution in [2.24, 2.45) is 17.8 Å². The van der Waals surface area contributed by atoms with Crippen LogP contribution in [-0.2, 0) is 19.0 Å². The van der Waals surface area contributed by atoms with Crippen LogP contribution in [0.5, 0.6) is 0 Å². The van der Waals surface area contributed by atoms with E-state index in [9.17, 15) is 19.2 Å². The summed E-state index contributed by atoms with van der Waals surface area (Å²) < 4.78 is 16.0. The predicted molar refractivity (Wildman–Crippen MR) is 138 cm³/mol. The Morgan fingerprint density at radius 1 is 0.892 bits per heavy atom. The van der Waals surface area contributed by atoms with Crippen LogP contribution in [0.15, 0.2) is 48.5 Å². The third-order valence-corrected chi connectivity index (χ3v) is 6.60. The summed E-state index contributed by atoms with van der Waals surface area (Å²) in [4.78, 5) is 49.9. The maximum absolute atomic E-state index is 13.1. The summed E-state index contributed by atoms with van der Waals surface area (Å²) in [6.45, 7) is 7.86. The minimum Gasteiger partial charge on any atom is -0.462 e. The van der Waals surface area contributed by atoms with Gasteiger partial charge in [0.05, 0.1) is 23.3 Å². The van der Waals surface area contributed by atoms with E-state index in [1.807, 2.05) is 0 Å². The Bertz CT molecular complexity index is 1110. The third-order valence-electron chi connectivity index (χ3n) is 6.60. The second-order valence-electron chi connectivity index (χ2n) is 9.74. The number of ether oxygens (including phenoxy) is 3. The van der Waals surface area contributed by atoms with Crippen LogP contribution in [0.1, 0.15) is 78.0 Å². The first-order chi connectivity index (χ1) is 17.7. The third kappa shape index (κ3) is 7.65. The molecule has 3 atom stereocenters. The first kappa shape index (κ1) is 27.9. The van der Waals surface area contributed by atoms with Gasteiger partial charge < -0.3 is 19.5 Å². The van der Waals surface area contributed by atoms with Gasteiger partial charge in [-0.15, -0.1) is 0 Å². The van der Waals surface area contributed by atoms with Gasteiger partial charge in [-0.2, -0.15) is 0 Å². The van der Waals surface area contributed by atoms with Crippen molar-refractivity contribution in [2.45, 2.75) is 53.1 Å². The van der Waals surface area contributed by atoms with Crippen molar-refractivity contribution in [3.05, 3.63) is 65.2 Å². The van der Waals surface area contributed by atoms with E-state index in [1.165, 1.54) is 24.3 Å². The van der Waals surface area contributed by atoms with E-state index in [0.29, 0.717) is 23.1 Å². The van der Waals surface area contributed by atoms with Crippen LogP contribution < -0.4 is 5.32 Å². The van der Waals surface area contributed by atoms with Crippen LogP contribution in [0.2, 0.25) is 0 Å².